The van der Waals surface area contributed by atoms with E-state index in [1.807, 2.05) is 39.0 Å². The number of hydrogen-bond acceptors (Lipinski definition) is 4. The number of nitrogens with one attached hydrogen (secondary N) is 1. The molecule has 1 aliphatic heterocycles. The molecule has 1 N–H and O–H groups in total. The van der Waals surface area contributed by atoms with Gasteiger partial charge in [0.15, 0.2) is 0 Å². The van der Waals surface area contributed by atoms with Gasteiger partial charge in [0.2, 0.25) is 0 Å². The maximum absolute atomic E-state index is 12.2. The lowest BCUT2D eigenvalue weighted by Crippen LogP contribution is -2.33. The van der Waals surface area contributed by atoms with E-state index in [2.05, 4.69) is 10.3 Å². The van der Waals surface area contributed by atoms with Crippen LogP contribution in [0.4, 0.5) is 15.3 Å². The van der Waals surface area contributed by atoms with Crippen molar-refractivity contribution in [3.05, 3.63) is 48.0 Å². The zero-order valence-electron chi connectivity index (χ0n) is 13.9. The topological polar surface area (TPSA) is 76.5 Å². The maximum Gasteiger partial charge on any atom is 0.410 e. The van der Waals surface area contributed by atoms with Crippen LogP contribution in [0.2, 0.25) is 0 Å². The number of anilines is 1. The molecule has 2 amide bonds. The first-order chi connectivity index (χ1) is 11.3. The van der Waals surface area contributed by atoms with Gasteiger partial charge in [-0.1, -0.05) is 6.07 Å². The van der Waals surface area contributed by atoms with Gasteiger partial charge in [-0.15, -0.1) is 0 Å². The number of amides is 2. The average Bonchev–Trinajstić information content (AvgIpc) is 3.14. The van der Waals surface area contributed by atoms with Gasteiger partial charge < -0.3 is 10.1 Å². The number of nitrogens with zero attached hydrogens (tertiary/aromatic N) is 3. The Kier molecular flexibility index (Phi) is 4.01. The smallest absolute Gasteiger partial charge is 0.410 e. The van der Waals surface area contributed by atoms with Gasteiger partial charge in [0.1, 0.15) is 11.9 Å². The summed E-state index contributed by atoms with van der Waals surface area (Å²) in [6.45, 7) is 6.52. The maximum atomic E-state index is 12.2. The van der Waals surface area contributed by atoms with Gasteiger partial charge in [0.05, 0.1) is 0 Å². The Balaban J connectivity index is 1.68. The van der Waals surface area contributed by atoms with E-state index >= 15 is 0 Å². The number of imidazole rings is 1. The van der Waals surface area contributed by atoms with Crippen LogP contribution in [0, 0.1) is 0 Å². The Morgan fingerprint density at radius 1 is 1.21 bits per heavy atom. The number of hydrogen-bond donors (Lipinski definition) is 1. The Hall–Kier alpha value is -2.83. The second-order valence-corrected chi connectivity index (χ2v) is 6.72. The van der Waals surface area contributed by atoms with Crippen molar-refractivity contribution >= 4 is 17.8 Å². The lowest BCUT2D eigenvalue weighted by Gasteiger charge is -2.24. The van der Waals surface area contributed by atoms with Gasteiger partial charge in [-0.2, -0.15) is 0 Å². The van der Waals surface area contributed by atoms with E-state index in [1.54, 1.807) is 17.3 Å². The van der Waals surface area contributed by atoms with Crippen LogP contribution in [0.15, 0.2) is 36.9 Å². The van der Waals surface area contributed by atoms with E-state index in [9.17, 15) is 9.59 Å². The molecule has 0 aliphatic carbocycles. The van der Waals surface area contributed by atoms with E-state index in [0.29, 0.717) is 18.8 Å². The molecule has 0 spiro atoms. The molecule has 7 heteroatoms. The van der Waals surface area contributed by atoms with Crippen molar-refractivity contribution < 1.29 is 14.3 Å². The zero-order valence-corrected chi connectivity index (χ0v) is 13.9. The molecule has 0 bridgehead atoms. The highest BCUT2D eigenvalue weighted by Crippen LogP contribution is 2.27. The highest BCUT2D eigenvalue weighted by Gasteiger charge is 2.27. The van der Waals surface area contributed by atoms with Crippen LogP contribution < -0.4 is 5.32 Å². The minimum Gasteiger partial charge on any atom is -0.444 e. The molecule has 0 atom stereocenters. The Morgan fingerprint density at radius 2 is 1.96 bits per heavy atom. The molecule has 2 aromatic rings. The molecule has 0 saturated carbocycles. The predicted molar refractivity (Wildman–Crippen MR) is 88.6 cm³/mol. The van der Waals surface area contributed by atoms with Crippen LogP contribution in [0.3, 0.4) is 0 Å². The lowest BCUT2D eigenvalue weighted by molar-refractivity contribution is 0.0242. The van der Waals surface area contributed by atoms with E-state index in [4.69, 9.17) is 4.74 Å². The second kappa shape index (κ2) is 5.99. The summed E-state index contributed by atoms with van der Waals surface area (Å²) in [4.78, 5) is 29.7. The van der Waals surface area contributed by atoms with Crippen LogP contribution in [-0.4, -0.2) is 32.2 Å². The van der Waals surface area contributed by atoms with Gasteiger partial charge in [-0.25, -0.2) is 14.6 Å². The first-order valence-corrected chi connectivity index (χ1v) is 7.71. The first-order valence-electron chi connectivity index (χ1n) is 7.71. The second-order valence-electron chi connectivity index (χ2n) is 6.72. The van der Waals surface area contributed by atoms with Crippen molar-refractivity contribution in [2.45, 2.75) is 39.5 Å². The molecular formula is C17H20N4O3. The van der Waals surface area contributed by atoms with Crippen LogP contribution in [-0.2, 0) is 17.8 Å². The summed E-state index contributed by atoms with van der Waals surface area (Å²) in [5.41, 5.74) is 2.22. The van der Waals surface area contributed by atoms with Gasteiger partial charge >= 0.3 is 12.1 Å². The third-order valence-corrected chi connectivity index (χ3v) is 3.57. The highest BCUT2D eigenvalue weighted by molar-refractivity contribution is 5.91. The molecule has 7 nitrogen and oxygen atoms in total. The zero-order chi connectivity index (χ0) is 17.3. The minimum absolute atomic E-state index is 0.283. The van der Waals surface area contributed by atoms with Crippen molar-refractivity contribution in [2.24, 2.45) is 0 Å². The number of carbonyl (C=O) groups is 2. The summed E-state index contributed by atoms with van der Waals surface area (Å²) in [6, 6.07) is 5.35. The summed E-state index contributed by atoms with van der Waals surface area (Å²) < 4.78 is 6.76. The number of ether oxygens (including phenoxy) is 1. The number of rotatable bonds is 1. The Labute approximate surface area is 140 Å². The fourth-order valence-electron chi connectivity index (χ4n) is 2.50. The van der Waals surface area contributed by atoms with Crippen molar-refractivity contribution in [1.82, 2.24) is 14.5 Å². The van der Waals surface area contributed by atoms with Crippen LogP contribution in [0.5, 0.6) is 0 Å². The average molecular weight is 328 g/mol. The Morgan fingerprint density at radius 3 is 2.62 bits per heavy atom. The molecule has 0 unspecified atom stereocenters. The van der Waals surface area contributed by atoms with Crippen LogP contribution >= 0.6 is 0 Å². The molecule has 3 rings (SSSR count). The monoisotopic (exact) mass is 328 g/mol. The van der Waals surface area contributed by atoms with Gasteiger partial charge in [0.25, 0.3) is 0 Å². The fraction of sp³-hybridized carbons (Fsp3) is 0.353. The van der Waals surface area contributed by atoms with Gasteiger partial charge in [0, 0.05) is 31.2 Å². The molecule has 1 aromatic carbocycles. The molecular weight excluding hydrogens is 308 g/mol. The van der Waals surface area contributed by atoms with Crippen LogP contribution in [0.25, 0.3) is 0 Å². The molecule has 0 fully saturated rings. The molecule has 1 aliphatic rings. The largest absolute Gasteiger partial charge is 0.444 e. The predicted octanol–water partition coefficient (Wildman–Crippen LogP) is 3.21. The van der Waals surface area contributed by atoms with E-state index in [-0.39, 0.29) is 12.1 Å². The lowest BCUT2D eigenvalue weighted by atomic mass is 10.1. The number of carbonyl (C=O) groups excluding carboxylic acids is 2. The molecule has 0 radical (unpaired) electrons. The first kappa shape index (κ1) is 16.0. The van der Waals surface area contributed by atoms with E-state index in [0.717, 1.165) is 11.1 Å². The highest BCUT2D eigenvalue weighted by atomic mass is 16.6. The van der Waals surface area contributed by atoms with Crippen LogP contribution in [0.1, 0.15) is 31.9 Å². The SMILES string of the molecule is CC(C)(C)OC(=O)N1Cc2ccc(NC(=O)n3ccnc3)cc2C1. The summed E-state index contributed by atoms with van der Waals surface area (Å²) in [5, 5.41) is 2.81. The quantitative estimate of drug-likeness (QED) is 0.872. The van der Waals surface area contributed by atoms with Gasteiger partial charge in [-0.3, -0.25) is 9.47 Å². The van der Waals surface area contributed by atoms with Crippen molar-refractivity contribution in [2.75, 3.05) is 5.32 Å². The third kappa shape index (κ3) is 3.56. The van der Waals surface area contributed by atoms with Crippen molar-refractivity contribution in [1.29, 1.82) is 0 Å². The van der Waals surface area contributed by atoms with Gasteiger partial charge in [-0.05, 0) is 44.0 Å². The summed E-state index contributed by atoms with van der Waals surface area (Å²) >= 11 is 0. The summed E-state index contributed by atoms with van der Waals surface area (Å²) in [7, 11) is 0. The van der Waals surface area contributed by atoms with Crippen molar-refractivity contribution in [3.8, 4) is 0 Å². The van der Waals surface area contributed by atoms with Crippen molar-refractivity contribution in [3.63, 3.8) is 0 Å². The number of aromatic nitrogens is 2. The minimum atomic E-state index is -0.518. The normalized spacial score (nSPS) is 13.5. The molecule has 0 saturated heterocycles. The fourth-order valence-corrected chi connectivity index (χ4v) is 2.50. The Bertz CT molecular complexity index is 763. The molecule has 2 heterocycles. The number of benzene rings is 1. The van der Waals surface area contributed by atoms with E-state index < -0.39 is 5.60 Å². The molecule has 126 valence electrons. The summed E-state index contributed by atoms with van der Waals surface area (Å²) in [6.07, 6.45) is 4.23. The molecule has 1 aromatic heterocycles. The standard InChI is InChI=1S/C17H20N4O3/c1-17(2,3)24-16(23)21-9-12-4-5-14(8-13(12)10-21)19-15(22)20-7-6-18-11-20/h4-8,11H,9-10H2,1-3H3,(H,19,22). The molecule has 24 heavy (non-hydrogen) atoms. The third-order valence-electron chi connectivity index (χ3n) is 3.57. The van der Waals surface area contributed by atoms with E-state index in [1.165, 1.54) is 10.9 Å². The number of fused-ring (bicyclic) bond motifs is 1. The summed E-state index contributed by atoms with van der Waals surface area (Å²) in [5.74, 6) is 0.